The Kier molecular flexibility index (Phi) is 3.61. The molecule has 0 amide bonds. The van der Waals surface area contributed by atoms with Crippen LogP contribution >= 0.6 is 0 Å². The number of carbonyl (C=O) groups excluding carboxylic acids is 1. The first kappa shape index (κ1) is 11.9. The summed E-state index contributed by atoms with van der Waals surface area (Å²) < 4.78 is 13.4. The van der Waals surface area contributed by atoms with E-state index in [0.717, 1.165) is 44.2 Å². The summed E-state index contributed by atoms with van der Waals surface area (Å²) in [4.78, 5) is 13.1. The van der Waals surface area contributed by atoms with E-state index in [9.17, 15) is 9.18 Å². The zero-order valence-corrected chi connectivity index (χ0v) is 9.73. The van der Waals surface area contributed by atoms with Gasteiger partial charge in [0.25, 0.3) is 0 Å². The van der Waals surface area contributed by atoms with Crippen molar-refractivity contribution in [3.8, 4) is 0 Å². The van der Waals surface area contributed by atoms with E-state index < -0.39 is 5.82 Å². The van der Waals surface area contributed by atoms with Crippen molar-refractivity contribution < 1.29 is 9.18 Å². The summed E-state index contributed by atoms with van der Waals surface area (Å²) in [6, 6.07) is 4.61. The van der Waals surface area contributed by atoms with Crippen molar-refractivity contribution in [2.75, 3.05) is 17.2 Å². The Bertz CT molecular complexity index is 408. The summed E-state index contributed by atoms with van der Waals surface area (Å²) in [6.07, 6.45) is 5.01. The lowest BCUT2D eigenvalue weighted by molar-refractivity contribution is -0.109. The van der Waals surface area contributed by atoms with Crippen molar-refractivity contribution in [1.82, 2.24) is 0 Å². The number of nitrogens with zero attached hydrogens (tertiary/aromatic N) is 1. The predicted molar refractivity (Wildman–Crippen MR) is 66.5 cm³/mol. The first-order valence-electron chi connectivity index (χ1n) is 5.99. The molecule has 1 aliphatic rings. The van der Waals surface area contributed by atoms with Crippen LogP contribution in [0.3, 0.4) is 0 Å². The third-order valence-corrected chi connectivity index (χ3v) is 3.27. The van der Waals surface area contributed by atoms with Crippen molar-refractivity contribution >= 4 is 17.7 Å². The number of rotatable bonds is 2. The second-order valence-electron chi connectivity index (χ2n) is 4.45. The minimum atomic E-state index is -0.420. The van der Waals surface area contributed by atoms with E-state index in [4.69, 9.17) is 5.73 Å². The standard InChI is InChI=1S/C13H17FN2O/c14-12-8-10(5-6-13(12)15)16-7-3-1-2-4-11(16)9-17/h5-6,8-9,11H,1-4,7,15H2. The quantitative estimate of drug-likeness (QED) is 0.633. The highest BCUT2D eigenvalue weighted by atomic mass is 19.1. The molecule has 17 heavy (non-hydrogen) atoms. The maximum atomic E-state index is 13.4. The average Bonchev–Trinajstić information content (AvgIpc) is 2.57. The number of aldehydes is 1. The Labute approximate surface area is 100 Å². The summed E-state index contributed by atoms with van der Waals surface area (Å²) in [6.45, 7) is 0.798. The van der Waals surface area contributed by atoms with Crippen LogP contribution in [0.2, 0.25) is 0 Å². The fourth-order valence-corrected chi connectivity index (χ4v) is 2.29. The van der Waals surface area contributed by atoms with Gasteiger partial charge in [-0.3, -0.25) is 0 Å². The van der Waals surface area contributed by atoms with Crippen LogP contribution in [0.5, 0.6) is 0 Å². The van der Waals surface area contributed by atoms with Crippen molar-refractivity contribution in [3.63, 3.8) is 0 Å². The Hall–Kier alpha value is -1.58. The maximum Gasteiger partial charge on any atom is 0.148 e. The Balaban J connectivity index is 2.28. The predicted octanol–water partition coefficient (Wildman–Crippen LogP) is 2.36. The highest BCUT2D eigenvalue weighted by Crippen LogP contribution is 2.25. The van der Waals surface area contributed by atoms with Crippen LogP contribution in [-0.4, -0.2) is 18.9 Å². The molecule has 3 nitrogen and oxygen atoms in total. The summed E-state index contributed by atoms with van der Waals surface area (Å²) in [5.41, 5.74) is 6.34. The van der Waals surface area contributed by atoms with Gasteiger partial charge in [0.1, 0.15) is 12.1 Å². The molecule has 1 aliphatic heterocycles. The first-order valence-corrected chi connectivity index (χ1v) is 5.99. The SMILES string of the molecule is Nc1ccc(N2CCCCCC2C=O)cc1F. The van der Waals surface area contributed by atoms with E-state index in [1.54, 1.807) is 12.1 Å². The molecule has 1 unspecified atom stereocenters. The van der Waals surface area contributed by atoms with Crippen molar-refractivity contribution in [2.45, 2.75) is 31.7 Å². The van der Waals surface area contributed by atoms with Crippen LogP contribution in [0.1, 0.15) is 25.7 Å². The molecule has 1 atom stereocenters. The molecule has 1 aromatic rings. The van der Waals surface area contributed by atoms with Crippen LogP contribution in [0.15, 0.2) is 18.2 Å². The van der Waals surface area contributed by atoms with Crippen molar-refractivity contribution in [1.29, 1.82) is 0 Å². The van der Waals surface area contributed by atoms with Gasteiger partial charge in [-0.1, -0.05) is 12.8 Å². The zero-order chi connectivity index (χ0) is 12.3. The lowest BCUT2D eigenvalue weighted by atomic mass is 10.1. The lowest BCUT2D eigenvalue weighted by Crippen LogP contribution is -2.36. The molecule has 0 saturated carbocycles. The van der Waals surface area contributed by atoms with Gasteiger partial charge in [0.2, 0.25) is 0 Å². The monoisotopic (exact) mass is 236 g/mol. The van der Waals surface area contributed by atoms with Gasteiger partial charge in [0.15, 0.2) is 0 Å². The Morgan fingerprint density at radius 1 is 1.35 bits per heavy atom. The molecule has 1 fully saturated rings. The smallest absolute Gasteiger partial charge is 0.148 e. The fourth-order valence-electron chi connectivity index (χ4n) is 2.29. The Morgan fingerprint density at radius 3 is 2.88 bits per heavy atom. The largest absolute Gasteiger partial charge is 0.396 e. The van der Waals surface area contributed by atoms with Gasteiger partial charge in [0.05, 0.1) is 11.7 Å². The third-order valence-electron chi connectivity index (χ3n) is 3.27. The second-order valence-corrected chi connectivity index (χ2v) is 4.45. The zero-order valence-electron chi connectivity index (χ0n) is 9.73. The second kappa shape index (κ2) is 5.17. The molecule has 1 saturated heterocycles. The highest BCUT2D eigenvalue weighted by molar-refractivity contribution is 5.67. The van der Waals surface area contributed by atoms with Crippen molar-refractivity contribution in [2.24, 2.45) is 0 Å². The van der Waals surface area contributed by atoms with E-state index in [1.807, 2.05) is 4.90 Å². The minimum Gasteiger partial charge on any atom is -0.396 e. The number of anilines is 2. The van der Waals surface area contributed by atoms with Gasteiger partial charge in [-0.05, 0) is 31.0 Å². The molecule has 0 bridgehead atoms. The van der Waals surface area contributed by atoms with Gasteiger partial charge in [-0.2, -0.15) is 0 Å². The molecule has 4 heteroatoms. The molecule has 0 radical (unpaired) electrons. The number of halogens is 1. The Morgan fingerprint density at radius 2 is 2.18 bits per heavy atom. The number of nitrogens with two attached hydrogens (primary N) is 1. The maximum absolute atomic E-state index is 13.4. The molecule has 2 N–H and O–H groups in total. The van der Waals surface area contributed by atoms with Crippen molar-refractivity contribution in [3.05, 3.63) is 24.0 Å². The van der Waals surface area contributed by atoms with Gasteiger partial charge in [0, 0.05) is 12.2 Å². The average molecular weight is 236 g/mol. The normalized spacial score (nSPS) is 21.0. The van der Waals surface area contributed by atoms with E-state index in [1.165, 1.54) is 6.07 Å². The van der Waals surface area contributed by atoms with Gasteiger partial charge >= 0.3 is 0 Å². The topological polar surface area (TPSA) is 46.3 Å². The molecule has 2 rings (SSSR count). The van der Waals surface area contributed by atoms with Crippen LogP contribution < -0.4 is 10.6 Å². The lowest BCUT2D eigenvalue weighted by Gasteiger charge is -2.28. The van der Waals surface area contributed by atoms with E-state index in [0.29, 0.717) is 0 Å². The summed E-state index contributed by atoms with van der Waals surface area (Å²) >= 11 is 0. The summed E-state index contributed by atoms with van der Waals surface area (Å²) in [5, 5.41) is 0. The summed E-state index contributed by atoms with van der Waals surface area (Å²) in [5.74, 6) is -0.420. The molecule has 1 heterocycles. The van der Waals surface area contributed by atoms with E-state index in [-0.39, 0.29) is 11.7 Å². The molecule has 0 aliphatic carbocycles. The number of carbonyl (C=O) groups is 1. The third kappa shape index (κ3) is 2.57. The first-order chi connectivity index (χ1) is 8.22. The number of nitrogen functional groups attached to an aromatic ring is 1. The highest BCUT2D eigenvalue weighted by Gasteiger charge is 2.21. The number of hydrogen-bond acceptors (Lipinski definition) is 3. The fraction of sp³-hybridized carbons (Fsp3) is 0.462. The molecule has 0 aromatic heterocycles. The molecular weight excluding hydrogens is 219 g/mol. The van der Waals surface area contributed by atoms with Gasteiger partial charge in [-0.15, -0.1) is 0 Å². The van der Waals surface area contributed by atoms with E-state index >= 15 is 0 Å². The van der Waals surface area contributed by atoms with E-state index in [2.05, 4.69) is 0 Å². The molecule has 92 valence electrons. The molecule has 0 spiro atoms. The van der Waals surface area contributed by atoms with Crippen LogP contribution in [0, 0.1) is 5.82 Å². The van der Waals surface area contributed by atoms with Crippen LogP contribution in [0.4, 0.5) is 15.8 Å². The van der Waals surface area contributed by atoms with Crippen LogP contribution in [-0.2, 0) is 4.79 Å². The van der Waals surface area contributed by atoms with Gasteiger partial charge in [-0.25, -0.2) is 4.39 Å². The van der Waals surface area contributed by atoms with Crippen LogP contribution in [0.25, 0.3) is 0 Å². The number of hydrogen-bond donors (Lipinski definition) is 1. The summed E-state index contributed by atoms with van der Waals surface area (Å²) in [7, 11) is 0. The molecule has 1 aromatic carbocycles. The van der Waals surface area contributed by atoms with Gasteiger partial charge < -0.3 is 15.4 Å². The molecular formula is C13H17FN2O. The minimum absolute atomic E-state index is 0.138. The number of benzene rings is 1.